The molecule has 19 heavy (non-hydrogen) atoms. The number of hydrogen-bond acceptors (Lipinski definition) is 5. The van der Waals surface area contributed by atoms with Gasteiger partial charge < -0.3 is 5.32 Å². The molecule has 0 fully saturated rings. The molecule has 0 bridgehead atoms. The van der Waals surface area contributed by atoms with Crippen molar-refractivity contribution in [1.82, 2.24) is 9.97 Å². The van der Waals surface area contributed by atoms with Gasteiger partial charge in [-0.2, -0.15) is 0 Å². The van der Waals surface area contributed by atoms with E-state index in [1.807, 2.05) is 19.1 Å². The third-order valence-corrected chi connectivity index (χ3v) is 2.71. The second-order valence-electron chi connectivity index (χ2n) is 4.28. The number of nitrogens with one attached hydrogen (secondary N) is 1. The van der Waals surface area contributed by atoms with E-state index < -0.39 is 4.92 Å². The van der Waals surface area contributed by atoms with Crippen LogP contribution in [0.5, 0.6) is 0 Å². The van der Waals surface area contributed by atoms with Gasteiger partial charge in [0.25, 0.3) is 5.69 Å². The van der Waals surface area contributed by atoms with Crippen LogP contribution in [0.3, 0.4) is 0 Å². The minimum atomic E-state index is -0.451. The van der Waals surface area contributed by atoms with Gasteiger partial charge in [0.15, 0.2) is 0 Å². The quantitative estimate of drug-likeness (QED) is 0.673. The predicted molar refractivity (Wildman–Crippen MR) is 71.9 cm³/mol. The molecule has 0 aliphatic rings. The van der Waals surface area contributed by atoms with Crippen molar-refractivity contribution in [1.29, 1.82) is 0 Å². The van der Waals surface area contributed by atoms with E-state index in [4.69, 9.17) is 0 Å². The number of rotatable bonds is 4. The largest absolute Gasteiger partial charge is 0.366 e. The molecule has 0 saturated heterocycles. The molecule has 0 aliphatic heterocycles. The number of anilines is 1. The SMILES string of the molecule is Cc1ccc(CNc2ncc([N+](=O)[O-])cc2C)cn1. The van der Waals surface area contributed by atoms with E-state index in [9.17, 15) is 10.1 Å². The lowest BCUT2D eigenvalue weighted by Gasteiger charge is -2.08. The summed E-state index contributed by atoms with van der Waals surface area (Å²) in [4.78, 5) is 18.4. The first-order valence-electron chi connectivity index (χ1n) is 5.82. The van der Waals surface area contributed by atoms with Gasteiger partial charge >= 0.3 is 0 Å². The Morgan fingerprint density at radius 1 is 1.26 bits per heavy atom. The Kier molecular flexibility index (Phi) is 3.70. The zero-order valence-corrected chi connectivity index (χ0v) is 10.8. The van der Waals surface area contributed by atoms with Crippen molar-refractivity contribution in [3.63, 3.8) is 0 Å². The van der Waals surface area contributed by atoms with E-state index in [2.05, 4.69) is 15.3 Å². The number of hydrogen-bond donors (Lipinski definition) is 1. The van der Waals surface area contributed by atoms with Gasteiger partial charge in [0.2, 0.25) is 0 Å². The molecule has 2 aromatic heterocycles. The summed E-state index contributed by atoms with van der Waals surface area (Å²) in [6.07, 6.45) is 3.05. The van der Waals surface area contributed by atoms with Crippen molar-refractivity contribution in [2.45, 2.75) is 20.4 Å². The lowest BCUT2D eigenvalue weighted by atomic mass is 10.2. The monoisotopic (exact) mass is 258 g/mol. The Morgan fingerprint density at radius 2 is 2.05 bits per heavy atom. The fourth-order valence-corrected chi connectivity index (χ4v) is 1.63. The third-order valence-electron chi connectivity index (χ3n) is 2.71. The average molecular weight is 258 g/mol. The van der Waals surface area contributed by atoms with Crippen LogP contribution in [0.4, 0.5) is 11.5 Å². The van der Waals surface area contributed by atoms with Crippen molar-refractivity contribution < 1.29 is 4.92 Å². The number of nitrogens with zero attached hydrogens (tertiary/aromatic N) is 3. The molecule has 0 aromatic carbocycles. The summed E-state index contributed by atoms with van der Waals surface area (Å²) in [6.45, 7) is 4.30. The molecule has 2 heterocycles. The molecule has 0 unspecified atom stereocenters. The summed E-state index contributed by atoms with van der Waals surface area (Å²) in [5.74, 6) is 0.645. The molecule has 6 heteroatoms. The first-order valence-corrected chi connectivity index (χ1v) is 5.82. The molecular weight excluding hydrogens is 244 g/mol. The molecule has 0 atom stereocenters. The second kappa shape index (κ2) is 5.43. The van der Waals surface area contributed by atoms with Gasteiger partial charge in [-0.3, -0.25) is 15.1 Å². The predicted octanol–water partition coefficient (Wildman–Crippen LogP) is 2.61. The van der Waals surface area contributed by atoms with Gasteiger partial charge in [0.1, 0.15) is 12.0 Å². The molecule has 2 aromatic rings. The Hall–Kier alpha value is -2.50. The maximum absolute atomic E-state index is 10.6. The van der Waals surface area contributed by atoms with E-state index in [0.717, 1.165) is 16.8 Å². The van der Waals surface area contributed by atoms with Crippen LogP contribution >= 0.6 is 0 Å². The summed E-state index contributed by atoms with van der Waals surface area (Å²) in [5.41, 5.74) is 2.74. The highest BCUT2D eigenvalue weighted by Crippen LogP contribution is 2.18. The van der Waals surface area contributed by atoms with E-state index in [1.54, 1.807) is 13.1 Å². The lowest BCUT2D eigenvalue weighted by Crippen LogP contribution is -2.04. The minimum absolute atomic E-state index is 0.0000487. The molecule has 0 saturated carbocycles. The maximum atomic E-state index is 10.6. The zero-order valence-electron chi connectivity index (χ0n) is 10.8. The molecule has 2 rings (SSSR count). The summed E-state index contributed by atoms with van der Waals surface area (Å²) < 4.78 is 0. The number of pyridine rings is 2. The van der Waals surface area contributed by atoms with Crippen LogP contribution < -0.4 is 5.32 Å². The molecule has 0 radical (unpaired) electrons. The Bertz CT molecular complexity index is 596. The third kappa shape index (κ3) is 3.25. The van der Waals surface area contributed by atoms with E-state index >= 15 is 0 Å². The average Bonchev–Trinajstić information content (AvgIpc) is 2.39. The van der Waals surface area contributed by atoms with Crippen LogP contribution in [0.25, 0.3) is 0 Å². The standard InChI is InChI=1S/C13H14N4O2/c1-9-5-12(17(18)19)8-16-13(9)15-7-11-4-3-10(2)14-6-11/h3-6,8H,7H2,1-2H3,(H,15,16). The number of nitro groups is 1. The minimum Gasteiger partial charge on any atom is -0.366 e. The topological polar surface area (TPSA) is 81.0 Å². The Balaban J connectivity index is 2.07. The second-order valence-corrected chi connectivity index (χ2v) is 4.28. The summed E-state index contributed by atoms with van der Waals surface area (Å²) in [7, 11) is 0. The smallest absolute Gasteiger partial charge is 0.287 e. The molecule has 0 spiro atoms. The van der Waals surface area contributed by atoms with Gasteiger partial charge in [-0.1, -0.05) is 6.07 Å². The van der Waals surface area contributed by atoms with Crippen LogP contribution in [0.1, 0.15) is 16.8 Å². The summed E-state index contributed by atoms with van der Waals surface area (Å²) in [6, 6.07) is 5.42. The normalized spacial score (nSPS) is 10.2. The summed E-state index contributed by atoms with van der Waals surface area (Å²) in [5, 5.41) is 13.8. The molecule has 98 valence electrons. The van der Waals surface area contributed by atoms with Crippen LogP contribution in [0.2, 0.25) is 0 Å². The van der Waals surface area contributed by atoms with Crippen molar-refractivity contribution in [2.75, 3.05) is 5.32 Å². The van der Waals surface area contributed by atoms with E-state index in [0.29, 0.717) is 12.4 Å². The summed E-state index contributed by atoms with van der Waals surface area (Å²) >= 11 is 0. The van der Waals surface area contributed by atoms with Gasteiger partial charge in [0.05, 0.1) is 4.92 Å². The fourth-order valence-electron chi connectivity index (χ4n) is 1.63. The molecule has 1 N–H and O–H groups in total. The first kappa shape index (κ1) is 12.9. The number of aromatic nitrogens is 2. The van der Waals surface area contributed by atoms with Crippen molar-refractivity contribution in [2.24, 2.45) is 0 Å². The van der Waals surface area contributed by atoms with Crippen LogP contribution in [-0.4, -0.2) is 14.9 Å². The van der Waals surface area contributed by atoms with Gasteiger partial charge in [-0.05, 0) is 31.0 Å². The fraction of sp³-hybridized carbons (Fsp3) is 0.231. The van der Waals surface area contributed by atoms with Crippen LogP contribution in [-0.2, 0) is 6.54 Å². The van der Waals surface area contributed by atoms with Gasteiger partial charge in [0, 0.05) is 24.5 Å². The first-order chi connectivity index (χ1) is 9.06. The van der Waals surface area contributed by atoms with Crippen molar-refractivity contribution in [3.05, 3.63) is 57.5 Å². The lowest BCUT2D eigenvalue weighted by molar-refractivity contribution is -0.385. The zero-order chi connectivity index (χ0) is 13.8. The molecule has 6 nitrogen and oxygen atoms in total. The Morgan fingerprint density at radius 3 is 2.63 bits per heavy atom. The maximum Gasteiger partial charge on any atom is 0.287 e. The molecule has 0 aliphatic carbocycles. The molecule has 0 amide bonds. The van der Waals surface area contributed by atoms with Gasteiger partial charge in [-0.15, -0.1) is 0 Å². The van der Waals surface area contributed by atoms with Crippen LogP contribution in [0, 0.1) is 24.0 Å². The highest BCUT2D eigenvalue weighted by Gasteiger charge is 2.09. The Labute approximate surface area is 110 Å². The van der Waals surface area contributed by atoms with Gasteiger partial charge in [-0.25, -0.2) is 4.98 Å². The van der Waals surface area contributed by atoms with E-state index in [-0.39, 0.29) is 5.69 Å². The number of aryl methyl sites for hydroxylation is 2. The van der Waals surface area contributed by atoms with Crippen molar-refractivity contribution in [3.8, 4) is 0 Å². The highest BCUT2D eigenvalue weighted by molar-refractivity contribution is 5.48. The van der Waals surface area contributed by atoms with Crippen molar-refractivity contribution >= 4 is 11.5 Å². The van der Waals surface area contributed by atoms with E-state index in [1.165, 1.54) is 12.3 Å². The highest BCUT2D eigenvalue weighted by atomic mass is 16.6. The molecular formula is C13H14N4O2. The van der Waals surface area contributed by atoms with Crippen LogP contribution in [0.15, 0.2) is 30.6 Å².